The maximum Gasteiger partial charge on any atom is 0.253 e. The van der Waals surface area contributed by atoms with Crippen molar-refractivity contribution in [1.82, 2.24) is 4.90 Å². The zero-order valence-corrected chi connectivity index (χ0v) is 52.4. The van der Waals surface area contributed by atoms with Crippen molar-refractivity contribution in [2.45, 2.75) is 124 Å². The monoisotopic (exact) mass is 1210 g/mol. The fraction of sp³-hybridized carbons (Fsp3) is 0.516. The summed E-state index contributed by atoms with van der Waals surface area (Å²) in [5.74, 6) is 0.453. The van der Waals surface area contributed by atoms with E-state index in [0.29, 0.717) is 93.3 Å². The molecule has 7 aromatic rings. The lowest BCUT2D eigenvalue weighted by Gasteiger charge is -2.26. The Morgan fingerprint density at radius 1 is 0.425 bits per heavy atom. The van der Waals surface area contributed by atoms with Crippen molar-refractivity contribution in [1.29, 1.82) is 0 Å². The number of rotatable bonds is 24. The number of likely N-dealkylation sites (tertiary alicyclic amines) is 1. The molecule has 25 nitrogen and oxygen atoms in total. The summed E-state index contributed by atoms with van der Waals surface area (Å²) in [5, 5.41) is 34.4. The van der Waals surface area contributed by atoms with Crippen molar-refractivity contribution >= 4 is 68.2 Å². The molecule has 0 aromatic heterocycles. The van der Waals surface area contributed by atoms with E-state index in [4.69, 9.17) is 0 Å². The van der Waals surface area contributed by atoms with E-state index in [1.54, 1.807) is 42.3 Å². The van der Waals surface area contributed by atoms with Crippen LogP contribution >= 0.6 is 0 Å². The maximum absolute atomic E-state index is 11.3. The van der Waals surface area contributed by atoms with Crippen LogP contribution in [0.5, 0.6) is 0 Å². The van der Waals surface area contributed by atoms with Gasteiger partial charge in [-0.05, 0) is 76.9 Å². The van der Waals surface area contributed by atoms with Gasteiger partial charge in [-0.2, -0.15) is 0 Å². The third-order valence-corrected chi connectivity index (χ3v) is 14.9. The zero-order valence-electron chi connectivity index (χ0n) is 52.4. The summed E-state index contributed by atoms with van der Waals surface area (Å²) in [5.41, 5.74) is 2.42. The van der Waals surface area contributed by atoms with Crippen molar-refractivity contribution in [3.63, 3.8) is 0 Å². The highest BCUT2D eigenvalue weighted by Crippen LogP contribution is 2.24. The van der Waals surface area contributed by atoms with Crippen molar-refractivity contribution in [3.8, 4) is 0 Å². The highest BCUT2D eigenvalue weighted by atomic mass is 16.2. The Balaban J connectivity index is 0.000000225. The highest BCUT2D eigenvalue weighted by molar-refractivity contribution is 5.77. The molecular weight excluding hydrogens is 1120 g/mol. The minimum absolute atomic E-state index is 0.218. The van der Waals surface area contributed by atoms with E-state index in [0.717, 1.165) is 64.0 Å². The molecule has 0 bridgehead atoms. The fourth-order valence-corrected chi connectivity index (χ4v) is 9.51. The molecule has 0 spiro atoms. The average molecular weight is 1210 g/mol. The van der Waals surface area contributed by atoms with Gasteiger partial charge in [-0.3, -0.25) is 57.5 Å². The van der Waals surface area contributed by atoms with Gasteiger partial charge in [0.05, 0.1) is 0 Å². The number of hydrogen-bond donors (Lipinski definition) is 12. The van der Waals surface area contributed by atoms with Gasteiger partial charge < -0.3 is 68.7 Å². The number of hydrogen-bond acceptors (Lipinski definition) is 25. The van der Waals surface area contributed by atoms with Gasteiger partial charge in [0.15, 0.2) is 0 Å². The molecule has 1 heterocycles. The predicted molar refractivity (Wildman–Crippen MR) is 359 cm³/mol. The second-order valence-corrected chi connectivity index (χ2v) is 21.8. The van der Waals surface area contributed by atoms with Gasteiger partial charge in [0.25, 0.3) is 65.1 Å². The van der Waals surface area contributed by atoms with Gasteiger partial charge in [-0.1, -0.05) is 83.2 Å². The normalized spacial score (nSPS) is 13.4. The summed E-state index contributed by atoms with van der Waals surface area (Å²) in [6, 6.07) is 8.60. The molecule has 25 heteroatoms. The Labute approximate surface area is 505 Å². The van der Waals surface area contributed by atoms with Gasteiger partial charge in [0, 0.05) is 87.1 Å². The molecule has 0 radical (unpaired) electrons. The SMILES string of the molecule is CCC(C)Nc1c(NC)c(=O)c1=O.CCCNc1c(NC)c(=O)c1=O.CNc1c(NC2CCCCC2)c(=O)c1=O.CNc1c(NCC(C)C)c(=O)c1=O.CNc1c(NCCN2CCCCC2)c(=O)c1=O.CNc1c(NCc2ccc(C)cc2)c(=O)c1=O. The van der Waals surface area contributed by atoms with Gasteiger partial charge in [0.2, 0.25) is 0 Å². The zero-order chi connectivity index (χ0) is 64.7. The van der Waals surface area contributed by atoms with Crippen molar-refractivity contribution in [2.24, 2.45) is 5.92 Å². The van der Waals surface area contributed by atoms with Crippen LogP contribution in [0.1, 0.15) is 110 Å². The molecule has 1 saturated heterocycles. The van der Waals surface area contributed by atoms with E-state index < -0.39 is 59.7 Å². The minimum atomic E-state index is -0.445. The summed E-state index contributed by atoms with van der Waals surface area (Å²) in [7, 11) is 9.86. The molecule has 12 N–H and O–H groups in total. The second-order valence-electron chi connectivity index (χ2n) is 21.8. The van der Waals surface area contributed by atoms with E-state index >= 15 is 0 Å². The first-order valence-corrected chi connectivity index (χ1v) is 29.8. The number of nitrogens with zero attached hydrogens (tertiary/aromatic N) is 1. The van der Waals surface area contributed by atoms with Crippen LogP contribution in [0, 0.1) is 12.8 Å². The van der Waals surface area contributed by atoms with E-state index in [-0.39, 0.29) is 11.5 Å². The van der Waals surface area contributed by atoms with E-state index in [2.05, 4.69) is 68.7 Å². The fourth-order valence-electron chi connectivity index (χ4n) is 9.51. The summed E-state index contributed by atoms with van der Waals surface area (Å²) in [6.45, 7) is 18.0. The first-order valence-electron chi connectivity index (χ1n) is 29.8. The van der Waals surface area contributed by atoms with E-state index in [9.17, 15) is 57.5 Å². The molecule has 1 aliphatic heterocycles. The second kappa shape index (κ2) is 34.4. The summed E-state index contributed by atoms with van der Waals surface area (Å²) < 4.78 is 0. The van der Waals surface area contributed by atoms with Crippen molar-refractivity contribution < 1.29 is 0 Å². The van der Waals surface area contributed by atoms with Crippen molar-refractivity contribution in [2.75, 3.05) is 145 Å². The lowest BCUT2D eigenvalue weighted by molar-refractivity contribution is 0.237. The Bertz CT molecular complexity index is 3770. The highest BCUT2D eigenvalue weighted by Gasteiger charge is 2.25. The maximum atomic E-state index is 11.3. The summed E-state index contributed by atoms with van der Waals surface area (Å²) in [6.07, 6.45) is 11.6. The summed E-state index contributed by atoms with van der Waals surface area (Å²) >= 11 is 0. The van der Waals surface area contributed by atoms with Crippen molar-refractivity contribution in [3.05, 3.63) is 158 Å². The lowest BCUT2D eigenvalue weighted by atomic mass is 9.95. The minimum Gasteiger partial charge on any atom is -0.383 e. The van der Waals surface area contributed by atoms with E-state index in [1.165, 1.54) is 44.1 Å². The topological polar surface area (TPSA) is 352 Å². The number of benzene rings is 1. The Kier molecular flexibility index (Phi) is 28.0. The molecule has 1 saturated carbocycles. The summed E-state index contributed by atoms with van der Waals surface area (Å²) in [4.78, 5) is 135. The Morgan fingerprint density at radius 3 is 1.20 bits per heavy atom. The van der Waals surface area contributed by atoms with E-state index in [1.807, 2.05) is 65.8 Å². The first-order chi connectivity index (χ1) is 41.5. The van der Waals surface area contributed by atoms with Gasteiger partial charge >= 0.3 is 0 Å². The predicted octanol–water partition coefficient (Wildman–Crippen LogP) is 3.61. The third-order valence-electron chi connectivity index (χ3n) is 14.9. The van der Waals surface area contributed by atoms with Crippen LogP contribution in [0.2, 0.25) is 0 Å². The standard InChI is InChI=1S/C13H14N2O2.C12H19N3O2.C11H16N2O2.2C9H14N2O2.C8H12N2O2/c1-8-3-5-9(6-4-8)7-15-11-10(14-2)12(16)13(11)17;1-13-9-10(12(17)11(9)16)14-5-8-15-6-3-2-4-7-15;1-12-8-9(11(15)10(8)14)13-7-5-3-2-4-6-7;1-5(2)4-11-7-6(10-3)8(12)9(7)13;1-4-5(2)11-7-6(10-3)8(12)9(7)13;1-3-4-10-6-5(9-2)7(11)8(6)12/h3-6,14-15H,7H2,1-2H3;13-14H,2-8H2,1H3;7,12-13H,2-6H2,1H3;2*5,10-11H,4H2,1-3H3;9-10H,3-4H2,1-2H3. The van der Waals surface area contributed by atoms with Gasteiger partial charge in [-0.15, -0.1) is 0 Å². The van der Waals surface area contributed by atoms with Crippen LogP contribution in [0.3, 0.4) is 0 Å². The van der Waals surface area contributed by atoms with Gasteiger partial charge in [0.1, 0.15) is 68.2 Å². The molecule has 0 amide bonds. The van der Waals surface area contributed by atoms with Crippen LogP contribution in [0.25, 0.3) is 0 Å². The number of piperidine rings is 1. The number of aryl methyl sites for hydroxylation is 1. The average Bonchev–Trinajstić information content (AvgIpc) is 2.99. The lowest BCUT2D eigenvalue weighted by Crippen LogP contribution is -2.39. The van der Waals surface area contributed by atoms with Gasteiger partial charge in [-0.25, -0.2) is 0 Å². The molecule has 1 aliphatic carbocycles. The molecule has 474 valence electrons. The van der Waals surface area contributed by atoms with Crippen LogP contribution in [-0.4, -0.2) is 98.5 Å². The molecular formula is C62H89N13O12. The van der Waals surface area contributed by atoms with Crippen LogP contribution in [0.4, 0.5) is 68.2 Å². The molecule has 1 unspecified atom stereocenters. The van der Waals surface area contributed by atoms with Crippen LogP contribution in [-0.2, 0) is 6.54 Å². The number of anilines is 12. The molecule has 7 aromatic carbocycles. The largest absolute Gasteiger partial charge is 0.383 e. The molecule has 9 rings (SSSR count). The van der Waals surface area contributed by atoms with Crippen LogP contribution in [0.15, 0.2) is 81.8 Å². The Hall–Kier alpha value is -8.74. The number of nitrogens with one attached hydrogen (secondary N) is 12. The molecule has 1 atom stereocenters. The molecule has 2 aliphatic rings. The quantitative estimate of drug-likeness (QED) is 0.0385. The smallest absolute Gasteiger partial charge is 0.253 e. The third kappa shape index (κ3) is 18.2. The molecule has 2 fully saturated rings. The van der Waals surface area contributed by atoms with Crippen LogP contribution < -0.4 is 129 Å². The molecule has 87 heavy (non-hydrogen) atoms. The first kappa shape index (κ1) is 70.7. The Morgan fingerprint density at radius 2 is 0.782 bits per heavy atom.